The molecule has 0 nitrogen and oxygen atoms in total. The van der Waals surface area contributed by atoms with E-state index in [1.54, 1.807) is 0 Å². The molecule has 0 spiro atoms. The van der Waals surface area contributed by atoms with Crippen LogP contribution in [0.1, 0.15) is 0 Å². The molecule has 0 radical (unpaired) electrons. The summed E-state index contributed by atoms with van der Waals surface area (Å²) in [6, 6.07) is 73.3. The van der Waals surface area contributed by atoms with Gasteiger partial charge in [0.15, 0.2) is 0 Å². The third-order valence-electron chi connectivity index (χ3n) is 13.4. The Labute approximate surface area is 334 Å². The van der Waals surface area contributed by atoms with E-state index in [-0.39, 0.29) is 0 Å². The van der Waals surface area contributed by atoms with Gasteiger partial charge in [-0.15, -0.1) is 0 Å². The molecule has 2 aliphatic rings. The van der Waals surface area contributed by atoms with Crippen molar-refractivity contribution in [3.8, 4) is 66.8 Å². The number of rotatable bonds is 2. The highest BCUT2D eigenvalue weighted by atomic mass is 14.3. The molecular formula is C58H32. The van der Waals surface area contributed by atoms with Crippen LogP contribution < -0.4 is 0 Å². The van der Waals surface area contributed by atoms with E-state index in [1.165, 1.54) is 142 Å². The van der Waals surface area contributed by atoms with Gasteiger partial charge in [0.25, 0.3) is 0 Å². The molecule has 0 heterocycles. The van der Waals surface area contributed by atoms with Gasteiger partial charge in [0.05, 0.1) is 0 Å². The van der Waals surface area contributed by atoms with Crippen LogP contribution in [-0.2, 0) is 0 Å². The lowest BCUT2D eigenvalue weighted by Crippen LogP contribution is -1.95. The normalized spacial score (nSPS) is 12.5. The van der Waals surface area contributed by atoms with Crippen LogP contribution in [0.15, 0.2) is 194 Å². The van der Waals surface area contributed by atoms with Gasteiger partial charge in [-0.2, -0.15) is 0 Å². The molecule has 0 bridgehead atoms. The summed E-state index contributed by atoms with van der Waals surface area (Å²) in [6.07, 6.45) is 0. The second kappa shape index (κ2) is 11.1. The van der Waals surface area contributed by atoms with Gasteiger partial charge >= 0.3 is 0 Å². The second-order valence-corrected chi connectivity index (χ2v) is 16.2. The van der Waals surface area contributed by atoms with Crippen molar-refractivity contribution in [3.63, 3.8) is 0 Å². The zero-order valence-corrected chi connectivity index (χ0v) is 31.5. The fourth-order valence-corrected chi connectivity index (χ4v) is 11.1. The largest absolute Gasteiger partial charge is 0.0622 e. The molecule has 0 heteroatoms. The SMILES string of the molecule is c1ccc(-c2c3c(c(-c4ccccc4)c4c2ccc2c5cc6c(cc5ccc24)-c2cc4ccccc4c4cccc-6c24)-c2cc4ccccc4c4cccc-3c24)cc1. The lowest BCUT2D eigenvalue weighted by atomic mass is 9.80. The molecule has 0 fully saturated rings. The molecule has 0 saturated heterocycles. The maximum absolute atomic E-state index is 2.49. The summed E-state index contributed by atoms with van der Waals surface area (Å²) in [6.45, 7) is 0. The van der Waals surface area contributed by atoms with Crippen molar-refractivity contribution < 1.29 is 0 Å². The van der Waals surface area contributed by atoms with E-state index in [0.29, 0.717) is 0 Å². The Bertz CT molecular complexity index is 3810. The van der Waals surface area contributed by atoms with Crippen molar-refractivity contribution in [3.05, 3.63) is 194 Å². The van der Waals surface area contributed by atoms with Crippen molar-refractivity contribution in [2.45, 2.75) is 0 Å². The van der Waals surface area contributed by atoms with Crippen LogP contribution in [0.2, 0.25) is 0 Å². The molecule has 14 rings (SSSR count). The van der Waals surface area contributed by atoms with Crippen LogP contribution in [0.4, 0.5) is 0 Å². The Morgan fingerprint density at radius 3 is 1.40 bits per heavy atom. The van der Waals surface area contributed by atoms with Crippen LogP contribution in [-0.4, -0.2) is 0 Å². The molecule has 0 saturated carbocycles. The summed E-state index contributed by atoms with van der Waals surface area (Å²) >= 11 is 0. The average Bonchev–Trinajstić information content (AvgIpc) is 3.78. The van der Waals surface area contributed by atoms with Crippen molar-refractivity contribution in [1.29, 1.82) is 0 Å². The van der Waals surface area contributed by atoms with Crippen LogP contribution in [0, 0.1) is 0 Å². The van der Waals surface area contributed by atoms with Gasteiger partial charge < -0.3 is 0 Å². The first kappa shape index (κ1) is 30.7. The van der Waals surface area contributed by atoms with E-state index in [1.807, 2.05) is 0 Å². The van der Waals surface area contributed by atoms with Gasteiger partial charge in [0.1, 0.15) is 0 Å². The van der Waals surface area contributed by atoms with Gasteiger partial charge in [-0.1, -0.05) is 170 Å². The fraction of sp³-hybridized carbons (Fsp3) is 0. The predicted octanol–water partition coefficient (Wildman–Crippen LogP) is 16.4. The van der Waals surface area contributed by atoms with Gasteiger partial charge in [-0.25, -0.2) is 0 Å². The first-order valence-corrected chi connectivity index (χ1v) is 20.3. The van der Waals surface area contributed by atoms with E-state index in [0.717, 1.165) is 0 Å². The Hall–Kier alpha value is -7.54. The topological polar surface area (TPSA) is 0 Å². The molecule has 0 N–H and O–H groups in total. The van der Waals surface area contributed by atoms with Crippen molar-refractivity contribution >= 4 is 75.4 Å². The summed E-state index contributed by atoms with van der Waals surface area (Å²) in [5.74, 6) is 0. The second-order valence-electron chi connectivity index (χ2n) is 16.2. The van der Waals surface area contributed by atoms with Crippen molar-refractivity contribution in [1.82, 2.24) is 0 Å². The summed E-state index contributed by atoms with van der Waals surface area (Å²) in [4.78, 5) is 0. The monoisotopic (exact) mass is 728 g/mol. The fourth-order valence-electron chi connectivity index (χ4n) is 11.1. The maximum atomic E-state index is 2.49. The van der Waals surface area contributed by atoms with Crippen LogP contribution in [0.5, 0.6) is 0 Å². The number of benzene rings is 12. The van der Waals surface area contributed by atoms with Crippen molar-refractivity contribution in [2.24, 2.45) is 0 Å². The maximum Gasteiger partial charge on any atom is -0.000697 e. The lowest BCUT2D eigenvalue weighted by molar-refractivity contribution is 1.63. The van der Waals surface area contributed by atoms with E-state index < -0.39 is 0 Å². The Balaban J connectivity index is 1.16. The molecule has 0 unspecified atom stereocenters. The molecule has 0 aliphatic heterocycles. The summed E-state index contributed by atoms with van der Waals surface area (Å²) in [7, 11) is 0. The minimum atomic E-state index is 1.24. The Morgan fingerprint density at radius 2 is 0.672 bits per heavy atom. The summed E-state index contributed by atoms with van der Waals surface area (Å²) in [5.41, 5.74) is 15.8. The smallest absolute Gasteiger partial charge is 0.000697 e. The quantitative estimate of drug-likeness (QED) is 0.156. The lowest BCUT2D eigenvalue weighted by Gasteiger charge is -2.22. The summed E-state index contributed by atoms with van der Waals surface area (Å²) in [5, 5.41) is 18.3. The van der Waals surface area contributed by atoms with E-state index >= 15 is 0 Å². The van der Waals surface area contributed by atoms with Gasteiger partial charge in [0, 0.05) is 0 Å². The molecule has 2 aliphatic carbocycles. The van der Waals surface area contributed by atoms with E-state index in [9.17, 15) is 0 Å². The third-order valence-corrected chi connectivity index (χ3v) is 13.4. The van der Waals surface area contributed by atoms with E-state index in [2.05, 4.69) is 194 Å². The van der Waals surface area contributed by atoms with E-state index in [4.69, 9.17) is 0 Å². The molecule has 58 heavy (non-hydrogen) atoms. The molecule has 264 valence electrons. The van der Waals surface area contributed by atoms with Gasteiger partial charge in [-0.05, 0) is 166 Å². The number of hydrogen-bond donors (Lipinski definition) is 0. The highest BCUT2D eigenvalue weighted by molar-refractivity contribution is 6.35. The molecule has 0 amide bonds. The molecule has 12 aromatic rings. The minimum absolute atomic E-state index is 1.24. The highest BCUT2D eigenvalue weighted by Gasteiger charge is 2.32. The zero-order chi connectivity index (χ0) is 37.6. The first-order chi connectivity index (χ1) is 28.8. The predicted molar refractivity (Wildman–Crippen MR) is 249 cm³/mol. The molecule has 0 atom stereocenters. The zero-order valence-electron chi connectivity index (χ0n) is 31.5. The van der Waals surface area contributed by atoms with Crippen LogP contribution in [0.25, 0.3) is 142 Å². The van der Waals surface area contributed by atoms with Crippen molar-refractivity contribution in [2.75, 3.05) is 0 Å². The minimum Gasteiger partial charge on any atom is -0.0622 e. The molecular weight excluding hydrogens is 697 g/mol. The number of hydrogen-bond acceptors (Lipinski definition) is 0. The Morgan fingerprint density at radius 1 is 0.190 bits per heavy atom. The average molecular weight is 729 g/mol. The standard InChI is InChI=1S/C58H32/c1-3-13-33(14-4-1)52-46-28-27-40-44(26-25-37-29-48-49(32-47(37)40)43-23-11-21-41-38-19-9-7-17-35(38)30-50(48)54(41)43)56(46)53(34-15-5-2-6-16-34)58-51-31-36-18-8-10-20-39(36)42-22-12-24-45(55(42)51)57(52)58/h1-32H. The van der Waals surface area contributed by atoms with Gasteiger partial charge in [0.2, 0.25) is 0 Å². The Kier molecular flexibility index (Phi) is 5.85. The molecule has 12 aromatic carbocycles. The van der Waals surface area contributed by atoms with Gasteiger partial charge in [-0.3, -0.25) is 0 Å². The highest BCUT2D eigenvalue weighted by Crippen LogP contribution is 2.60. The third kappa shape index (κ3) is 3.85. The van der Waals surface area contributed by atoms with Crippen LogP contribution >= 0.6 is 0 Å². The molecule has 0 aromatic heterocycles. The first-order valence-electron chi connectivity index (χ1n) is 20.3. The number of fused-ring (bicyclic) bond motifs is 15. The summed E-state index contributed by atoms with van der Waals surface area (Å²) < 4.78 is 0. The van der Waals surface area contributed by atoms with Crippen LogP contribution in [0.3, 0.4) is 0 Å².